The van der Waals surface area contributed by atoms with Crippen LogP contribution in [0.2, 0.25) is 0 Å². The minimum atomic E-state index is -4.62. The molecule has 1 N–H and O–H groups in total. The Morgan fingerprint density at radius 3 is 2.28 bits per heavy atom. The number of aryl methyl sites for hydroxylation is 1. The largest absolute Gasteiger partial charge is 0.573 e. The molecule has 3 aromatic rings. The van der Waals surface area contributed by atoms with Crippen LogP contribution in [-0.2, 0) is 6.42 Å². The highest BCUT2D eigenvalue weighted by molar-refractivity contribution is 5.89. The van der Waals surface area contributed by atoms with Crippen LogP contribution < -0.4 is 15.0 Å². The fourth-order valence-corrected chi connectivity index (χ4v) is 4.44. The van der Waals surface area contributed by atoms with Crippen molar-refractivity contribution in [2.75, 3.05) is 32.1 Å². The summed E-state index contributed by atoms with van der Waals surface area (Å²) < 4.78 is 40.0. The molecule has 1 aliphatic carbocycles. The van der Waals surface area contributed by atoms with Gasteiger partial charge >= 0.3 is 6.36 Å². The molecule has 1 fully saturated rings. The number of anilines is 1. The number of fused-ring (bicyclic) bond motifs is 1. The molecule has 36 heavy (non-hydrogen) atoms. The quantitative estimate of drug-likeness (QED) is 0.372. The molecule has 1 heterocycles. The van der Waals surface area contributed by atoms with Crippen molar-refractivity contribution in [2.45, 2.75) is 52.3 Å². The van der Waals surface area contributed by atoms with Crippen LogP contribution >= 0.6 is 0 Å². The van der Waals surface area contributed by atoms with Crippen LogP contribution in [0.15, 0.2) is 48.5 Å². The summed E-state index contributed by atoms with van der Waals surface area (Å²) in [5.74, 6) is 3.27. The molecule has 0 saturated heterocycles. The number of alkyl halides is 3. The monoisotopic (exact) mass is 502 g/mol. The third-order valence-electron chi connectivity index (χ3n) is 6.43. The molecule has 1 saturated carbocycles. The molecule has 0 atom stereocenters. The molecule has 4 rings (SSSR count). The number of aromatic nitrogens is 2. The maximum Gasteiger partial charge on any atom is 0.573 e. The summed E-state index contributed by atoms with van der Waals surface area (Å²) in [7, 11) is 3.99. The van der Waals surface area contributed by atoms with E-state index >= 15 is 0 Å². The van der Waals surface area contributed by atoms with Crippen LogP contribution in [0.3, 0.4) is 0 Å². The molecular weight excluding hydrogens is 465 g/mol. The smallest absolute Gasteiger partial charge is 0.406 e. The SMILES string of the molecule is CC1CCC(CNCCc2ccc(OC(F)(F)F)cc2)CC1.Cc1nc(N(C)C)c2ccccc2n1. The average molecular weight is 503 g/mol. The maximum absolute atomic E-state index is 12.1. The lowest BCUT2D eigenvalue weighted by molar-refractivity contribution is -0.274. The van der Waals surface area contributed by atoms with E-state index in [0.717, 1.165) is 59.5 Å². The fraction of sp³-hybridized carbons (Fsp3) is 0.500. The summed E-state index contributed by atoms with van der Waals surface area (Å²) in [6.45, 7) is 6.13. The topological polar surface area (TPSA) is 50.3 Å². The second-order valence-corrected chi connectivity index (χ2v) is 9.78. The Balaban J connectivity index is 0.000000221. The van der Waals surface area contributed by atoms with E-state index in [2.05, 4.69) is 26.9 Å². The summed E-state index contributed by atoms with van der Waals surface area (Å²) in [6, 6.07) is 14.2. The first-order valence-corrected chi connectivity index (χ1v) is 12.6. The molecule has 0 bridgehead atoms. The summed E-state index contributed by atoms with van der Waals surface area (Å²) in [6.07, 6.45) is 1.45. The molecule has 8 heteroatoms. The minimum absolute atomic E-state index is 0.166. The average Bonchev–Trinajstić information content (AvgIpc) is 2.83. The van der Waals surface area contributed by atoms with E-state index in [-0.39, 0.29) is 5.75 Å². The lowest BCUT2D eigenvalue weighted by Gasteiger charge is -2.26. The standard InChI is InChI=1S/C17H24F3NO.C11H13N3/c1-13-2-4-15(5-3-13)12-21-11-10-14-6-8-16(9-7-14)22-17(18,19)20;1-8-12-10-7-5-4-6-9(10)11(13-8)14(2)3/h6-9,13,15,21H,2-5,10-12H2,1H3;4-7H,1-3H3. The zero-order valence-corrected chi connectivity index (χ0v) is 21.6. The number of benzene rings is 2. The number of ether oxygens (including phenoxy) is 1. The summed E-state index contributed by atoms with van der Waals surface area (Å²) in [4.78, 5) is 10.8. The number of nitrogens with one attached hydrogen (secondary N) is 1. The van der Waals surface area contributed by atoms with Crippen molar-refractivity contribution in [1.29, 1.82) is 0 Å². The second-order valence-electron chi connectivity index (χ2n) is 9.78. The first-order valence-electron chi connectivity index (χ1n) is 12.6. The normalized spacial score (nSPS) is 17.9. The number of para-hydroxylation sites is 1. The lowest BCUT2D eigenvalue weighted by Crippen LogP contribution is -2.27. The summed E-state index contributed by atoms with van der Waals surface area (Å²) >= 11 is 0. The van der Waals surface area contributed by atoms with Gasteiger partial charge in [-0.1, -0.05) is 44.0 Å². The van der Waals surface area contributed by atoms with Crippen molar-refractivity contribution in [3.05, 3.63) is 59.9 Å². The highest BCUT2D eigenvalue weighted by atomic mass is 19.4. The van der Waals surface area contributed by atoms with Crippen molar-refractivity contribution in [1.82, 2.24) is 15.3 Å². The summed E-state index contributed by atoms with van der Waals surface area (Å²) in [5.41, 5.74) is 2.02. The van der Waals surface area contributed by atoms with Crippen molar-refractivity contribution in [2.24, 2.45) is 11.8 Å². The van der Waals surface area contributed by atoms with Crippen LogP contribution in [0.1, 0.15) is 44.0 Å². The molecule has 0 aliphatic heterocycles. The molecule has 1 aromatic heterocycles. The van der Waals surface area contributed by atoms with E-state index in [1.54, 1.807) is 12.1 Å². The van der Waals surface area contributed by atoms with Crippen LogP contribution in [0.25, 0.3) is 10.9 Å². The van der Waals surface area contributed by atoms with Gasteiger partial charge in [-0.3, -0.25) is 0 Å². The minimum Gasteiger partial charge on any atom is -0.406 e. The first-order chi connectivity index (χ1) is 17.1. The van der Waals surface area contributed by atoms with Gasteiger partial charge in [-0.2, -0.15) is 0 Å². The van der Waals surface area contributed by atoms with E-state index in [4.69, 9.17) is 0 Å². The van der Waals surface area contributed by atoms with Gasteiger partial charge in [-0.05, 0) is 80.9 Å². The highest BCUT2D eigenvalue weighted by Gasteiger charge is 2.30. The van der Waals surface area contributed by atoms with Gasteiger partial charge in [-0.15, -0.1) is 13.2 Å². The number of hydrogen-bond acceptors (Lipinski definition) is 5. The van der Waals surface area contributed by atoms with Gasteiger partial charge in [0.1, 0.15) is 17.4 Å². The van der Waals surface area contributed by atoms with Gasteiger partial charge in [0, 0.05) is 19.5 Å². The van der Waals surface area contributed by atoms with Crippen molar-refractivity contribution in [3.63, 3.8) is 0 Å². The molecule has 1 aliphatic rings. The van der Waals surface area contributed by atoms with E-state index < -0.39 is 6.36 Å². The first kappa shape index (κ1) is 27.7. The second kappa shape index (κ2) is 12.9. The highest BCUT2D eigenvalue weighted by Crippen LogP contribution is 2.28. The molecule has 196 valence electrons. The van der Waals surface area contributed by atoms with E-state index in [0.29, 0.717) is 0 Å². The van der Waals surface area contributed by atoms with Crippen molar-refractivity contribution < 1.29 is 17.9 Å². The molecule has 0 radical (unpaired) electrons. The molecule has 5 nitrogen and oxygen atoms in total. The van der Waals surface area contributed by atoms with Gasteiger partial charge in [0.25, 0.3) is 0 Å². The molecule has 2 aromatic carbocycles. The maximum atomic E-state index is 12.1. The number of halogens is 3. The van der Waals surface area contributed by atoms with E-state index in [1.165, 1.54) is 37.8 Å². The Bertz CT molecular complexity index is 1080. The zero-order valence-electron chi connectivity index (χ0n) is 21.6. The van der Waals surface area contributed by atoms with Crippen molar-refractivity contribution in [3.8, 4) is 5.75 Å². The van der Waals surface area contributed by atoms with Gasteiger partial charge in [-0.25, -0.2) is 9.97 Å². The predicted octanol–water partition coefficient (Wildman–Crippen LogP) is 6.55. The van der Waals surface area contributed by atoms with Gasteiger partial charge < -0.3 is 15.0 Å². The van der Waals surface area contributed by atoms with E-state index in [9.17, 15) is 13.2 Å². The third-order valence-corrected chi connectivity index (χ3v) is 6.43. The lowest BCUT2D eigenvalue weighted by atomic mass is 9.83. The molecular formula is C28H37F3N4O. The number of nitrogens with zero attached hydrogens (tertiary/aromatic N) is 3. The van der Waals surface area contributed by atoms with Gasteiger partial charge in [0.05, 0.1) is 5.52 Å². The Kier molecular flexibility index (Phi) is 9.93. The Labute approximate surface area is 212 Å². The van der Waals surface area contributed by atoms with Gasteiger partial charge in [0.2, 0.25) is 0 Å². The fourth-order valence-electron chi connectivity index (χ4n) is 4.44. The predicted molar refractivity (Wildman–Crippen MR) is 139 cm³/mol. The van der Waals surface area contributed by atoms with Crippen LogP contribution in [0.5, 0.6) is 5.75 Å². The van der Waals surface area contributed by atoms with Gasteiger partial charge in [0.15, 0.2) is 0 Å². The van der Waals surface area contributed by atoms with E-state index in [1.807, 2.05) is 50.2 Å². The zero-order chi connectivity index (χ0) is 26.1. The van der Waals surface area contributed by atoms with Crippen LogP contribution in [0.4, 0.5) is 19.0 Å². The number of hydrogen-bond donors (Lipinski definition) is 1. The molecule has 0 amide bonds. The Hall–Kier alpha value is -2.87. The Morgan fingerprint density at radius 1 is 0.972 bits per heavy atom. The van der Waals surface area contributed by atoms with Crippen LogP contribution in [0, 0.1) is 18.8 Å². The van der Waals surface area contributed by atoms with Crippen LogP contribution in [-0.4, -0.2) is 43.5 Å². The van der Waals surface area contributed by atoms with Crippen molar-refractivity contribution >= 4 is 16.7 Å². The molecule has 0 unspecified atom stereocenters. The third kappa shape index (κ3) is 8.97. The number of rotatable bonds is 7. The Morgan fingerprint density at radius 2 is 1.64 bits per heavy atom. The molecule has 0 spiro atoms. The summed E-state index contributed by atoms with van der Waals surface area (Å²) in [5, 5.41) is 4.56.